The normalized spacial score (nSPS) is 18.8. The van der Waals surface area contributed by atoms with Crippen molar-refractivity contribution < 1.29 is 4.79 Å². The van der Waals surface area contributed by atoms with Gasteiger partial charge >= 0.3 is 0 Å². The highest BCUT2D eigenvalue weighted by molar-refractivity contribution is 5.95. The Morgan fingerprint density at radius 1 is 1.26 bits per heavy atom. The molecule has 2 rings (SSSR count). The molecule has 4 heteroatoms. The monoisotopic (exact) mass is 282 g/mol. The number of halogens is 1. The largest absolute Gasteiger partial charge is 0.325 e. The van der Waals surface area contributed by atoms with Crippen LogP contribution < -0.4 is 10.6 Å². The number of carbonyl (C=O) groups is 1. The molecule has 0 spiro atoms. The van der Waals surface area contributed by atoms with E-state index in [9.17, 15) is 4.79 Å². The van der Waals surface area contributed by atoms with Gasteiger partial charge in [-0.2, -0.15) is 0 Å². The van der Waals surface area contributed by atoms with E-state index in [1.54, 1.807) is 0 Å². The van der Waals surface area contributed by atoms with Gasteiger partial charge in [0.25, 0.3) is 0 Å². The van der Waals surface area contributed by atoms with Crippen molar-refractivity contribution in [2.45, 2.75) is 45.1 Å². The number of benzene rings is 1. The summed E-state index contributed by atoms with van der Waals surface area (Å²) in [7, 11) is 0. The zero-order valence-electron chi connectivity index (χ0n) is 11.8. The van der Waals surface area contributed by atoms with Gasteiger partial charge in [-0.1, -0.05) is 32.9 Å². The molecule has 1 heterocycles. The molecule has 1 unspecified atom stereocenters. The summed E-state index contributed by atoms with van der Waals surface area (Å²) >= 11 is 0. The van der Waals surface area contributed by atoms with Crippen molar-refractivity contribution in [3.05, 3.63) is 29.8 Å². The van der Waals surface area contributed by atoms with Crippen LogP contribution in [0.4, 0.5) is 5.69 Å². The average Bonchev–Trinajstić information content (AvgIpc) is 2.82. The van der Waals surface area contributed by atoms with Gasteiger partial charge in [0.2, 0.25) is 5.91 Å². The zero-order chi connectivity index (χ0) is 13.2. The fourth-order valence-corrected chi connectivity index (χ4v) is 2.19. The Morgan fingerprint density at radius 2 is 1.89 bits per heavy atom. The van der Waals surface area contributed by atoms with Gasteiger partial charge in [-0.05, 0) is 42.5 Å². The fourth-order valence-electron chi connectivity index (χ4n) is 2.19. The number of hydrogen-bond acceptors (Lipinski definition) is 2. The minimum atomic E-state index is -0.0210. The summed E-state index contributed by atoms with van der Waals surface area (Å²) < 4.78 is 0. The maximum atomic E-state index is 11.9. The number of anilines is 1. The molecular weight excluding hydrogens is 260 g/mol. The third-order valence-electron chi connectivity index (χ3n) is 3.40. The standard InChI is InChI=1S/C15H22N2O.ClH/c1-15(2,3)11-6-8-12(9-7-11)17-14(18)13-5-4-10-16-13;/h6-9,13,16H,4-5,10H2,1-3H3,(H,17,18);1H. The van der Waals surface area contributed by atoms with Crippen molar-refractivity contribution in [1.82, 2.24) is 5.32 Å². The van der Waals surface area contributed by atoms with Crippen molar-refractivity contribution in [2.24, 2.45) is 0 Å². The third-order valence-corrected chi connectivity index (χ3v) is 3.40. The molecule has 1 fully saturated rings. The van der Waals surface area contributed by atoms with Crippen LogP contribution in [0.5, 0.6) is 0 Å². The van der Waals surface area contributed by atoms with Crippen LogP contribution in [0.3, 0.4) is 0 Å². The van der Waals surface area contributed by atoms with Crippen LogP contribution in [0.15, 0.2) is 24.3 Å². The van der Waals surface area contributed by atoms with E-state index in [0.717, 1.165) is 25.1 Å². The summed E-state index contributed by atoms with van der Waals surface area (Å²) in [5, 5.41) is 6.16. The number of hydrogen-bond donors (Lipinski definition) is 2. The molecule has 1 aliphatic heterocycles. The number of rotatable bonds is 2. The van der Waals surface area contributed by atoms with Gasteiger partial charge in [-0.3, -0.25) is 4.79 Å². The van der Waals surface area contributed by atoms with Crippen LogP contribution in [0.1, 0.15) is 39.2 Å². The second-order valence-corrected chi connectivity index (χ2v) is 5.97. The second-order valence-electron chi connectivity index (χ2n) is 5.97. The van der Waals surface area contributed by atoms with Crippen molar-refractivity contribution in [3.63, 3.8) is 0 Å². The molecule has 0 bridgehead atoms. The van der Waals surface area contributed by atoms with Gasteiger partial charge < -0.3 is 10.6 Å². The predicted molar refractivity (Wildman–Crippen MR) is 82.0 cm³/mol. The van der Waals surface area contributed by atoms with Crippen molar-refractivity contribution in [3.8, 4) is 0 Å². The van der Waals surface area contributed by atoms with Crippen LogP contribution in [0.2, 0.25) is 0 Å². The molecule has 3 nitrogen and oxygen atoms in total. The predicted octanol–water partition coefficient (Wildman–Crippen LogP) is 3.10. The lowest BCUT2D eigenvalue weighted by molar-refractivity contribution is -0.117. The Morgan fingerprint density at radius 3 is 2.37 bits per heavy atom. The molecule has 0 aromatic heterocycles. The summed E-state index contributed by atoms with van der Waals surface area (Å²) in [6.07, 6.45) is 2.02. The summed E-state index contributed by atoms with van der Waals surface area (Å²) in [6.45, 7) is 7.50. The molecule has 19 heavy (non-hydrogen) atoms. The molecule has 106 valence electrons. The lowest BCUT2D eigenvalue weighted by Gasteiger charge is -2.19. The van der Waals surface area contributed by atoms with Crippen LogP contribution >= 0.6 is 12.4 Å². The van der Waals surface area contributed by atoms with Gasteiger partial charge in [0.05, 0.1) is 6.04 Å². The Balaban J connectivity index is 0.00000180. The highest BCUT2D eigenvalue weighted by atomic mass is 35.5. The van der Waals surface area contributed by atoms with E-state index in [-0.39, 0.29) is 29.8 Å². The summed E-state index contributed by atoms with van der Waals surface area (Å²) in [4.78, 5) is 11.9. The van der Waals surface area contributed by atoms with E-state index in [1.807, 2.05) is 12.1 Å². The molecule has 1 atom stereocenters. The fraction of sp³-hybridized carbons (Fsp3) is 0.533. The molecule has 1 saturated heterocycles. The molecule has 2 N–H and O–H groups in total. The second kappa shape index (κ2) is 6.40. The molecule has 0 saturated carbocycles. The number of carbonyl (C=O) groups excluding carboxylic acids is 1. The molecule has 1 amide bonds. The summed E-state index contributed by atoms with van der Waals surface area (Å²) in [5.74, 6) is 0.0796. The molecule has 0 radical (unpaired) electrons. The Labute approximate surface area is 121 Å². The number of amides is 1. The summed E-state index contributed by atoms with van der Waals surface area (Å²) in [5.41, 5.74) is 2.30. The summed E-state index contributed by atoms with van der Waals surface area (Å²) in [6, 6.07) is 8.10. The van der Waals surface area contributed by atoms with Crippen molar-refractivity contribution in [1.29, 1.82) is 0 Å². The first-order chi connectivity index (χ1) is 8.47. The van der Waals surface area contributed by atoms with E-state index >= 15 is 0 Å². The van der Waals surface area contributed by atoms with Crippen molar-refractivity contribution in [2.75, 3.05) is 11.9 Å². The van der Waals surface area contributed by atoms with Crippen molar-refractivity contribution >= 4 is 24.0 Å². The zero-order valence-corrected chi connectivity index (χ0v) is 12.6. The molecular formula is C15H23ClN2O. The molecule has 1 aromatic rings. The lowest BCUT2D eigenvalue weighted by atomic mass is 9.87. The smallest absolute Gasteiger partial charge is 0.241 e. The first-order valence-electron chi connectivity index (χ1n) is 6.61. The van der Waals surface area contributed by atoms with E-state index in [4.69, 9.17) is 0 Å². The van der Waals surface area contributed by atoms with Gasteiger partial charge in [0.1, 0.15) is 0 Å². The molecule has 0 aliphatic carbocycles. The first-order valence-corrected chi connectivity index (χ1v) is 6.61. The molecule has 1 aromatic carbocycles. The van der Waals surface area contributed by atoms with E-state index < -0.39 is 0 Å². The average molecular weight is 283 g/mol. The Hall–Kier alpha value is -1.06. The Bertz CT molecular complexity index is 417. The van der Waals surface area contributed by atoms with Crippen LogP contribution in [-0.2, 0) is 10.2 Å². The van der Waals surface area contributed by atoms with E-state index in [2.05, 4.69) is 43.5 Å². The van der Waals surface area contributed by atoms with Crippen LogP contribution in [-0.4, -0.2) is 18.5 Å². The minimum absolute atomic E-state index is 0. The quantitative estimate of drug-likeness (QED) is 0.875. The van der Waals surface area contributed by atoms with Gasteiger partial charge in [-0.25, -0.2) is 0 Å². The third kappa shape index (κ3) is 4.22. The maximum absolute atomic E-state index is 11.9. The van der Waals surface area contributed by atoms with Gasteiger partial charge in [0.15, 0.2) is 0 Å². The SMILES string of the molecule is CC(C)(C)c1ccc(NC(=O)C2CCCN2)cc1.Cl. The molecule has 1 aliphatic rings. The minimum Gasteiger partial charge on any atom is -0.325 e. The van der Waals surface area contributed by atoms with E-state index in [1.165, 1.54) is 5.56 Å². The van der Waals surface area contributed by atoms with E-state index in [0.29, 0.717) is 0 Å². The van der Waals surface area contributed by atoms with Crippen LogP contribution in [0.25, 0.3) is 0 Å². The highest BCUT2D eigenvalue weighted by Crippen LogP contribution is 2.23. The number of nitrogens with one attached hydrogen (secondary N) is 2. The lowest BCUT2D eigenvalue weighted by Crippen LogP contribution is -2.35. The Kier molecular flexibility index (Phi) is 5.39. The highest BCUT2D eigenvalue weighted by Gasteiger charge is 2.22. The van der Waals surface area contributed by atoms with Crippen LogP contribution in [0, 0.1) is 0 Å². The first kappa shape index (κ1) is 16.0. The van der Waals surface area contributed by atoms with Gasteiger partial charge in [0, 0.05) is 5.69 Å². The topological polar surface area (TPSA) is 41.1 Å². The van der Waals surface area contributed by atoms with Gasteiger partial charge in [-0.15, -0.1) is 12.4 Å². The maximum Gasteiger partial charge on any atom is 0.241 e.